The lowest BCUT2D eigenvalue weighted by Gasteiger charge is -2.11. The first-order valence-electron chi connectivity index (χ1n) is 10.4. The number of nitrogens with zero attached hydrogens (tertiary/aromatic N) is 4. The van der Waals surface area contributed by atoms with E-state index in [-0.39, 0.29) is 11.5 Å². The summed E-state index contributed by atoms with van der Waals surface area (Å²) in [6, 6.07) is 16.6. The maximum atomic E-state index is 12.7. The van der Waals surface area contributed by atoms with Gasteiger partial charge in [0.15, 0.2) is 0 Å². The van der Waals surface area contributed by atoms with Gasteiger partial charge >= 0.3 is 0 Å². The molecule has 164 valence electrons. The fraction of sp³-hybridized carbons (Fsp3) is 0.250. The van der Waals surface area contributed by atoms with Gasteiger partial charge in [0.1, 0.15) is 6.33 Å². The van der Waals surface area contributed by atoms with Gasteiger partial charge in [-0.15, -0.1) is 11.8 Å². The molecular weight excluding hydrogens is 422 g/mol. The van der Waals surface area contributed by atoms with Crippen LogP contribution >= 0.6 is 11.8 Å². The van der Waals surface area contributed by atoms with Gasteiger partial charge in [-0.1, -0.05) is 43.7 Å². The molecule has 2 aromatic heterocycles. The van der Waals surface area contributed by atoms with Crippen molar-refractivity contribution >= 4 is 29.1 Å². The smallest absolute Gasteiger partial charge is 0.274 e. The summed E-state index contributed by atoms with van der Waals surface area (Å²) >= 11 is 1.52. The number of carbonyl (C=O) groups excluding carboxylic acids is 1. The van der Waals surface area contributed by atoms with E-state index in [1.54, 1.807) is 23.1 Å². The molecule has 8 heteroatoms. The van der Waals surface area contributed by atoms with Gasteiger partial charge in [0, 0.05) is 28.8 Å². The van der Waals surface area contributed by atoms with E-state index in [9.17, 15) is 9.59 Å². The van der Waals surface area contributed by atoms with Crippen molar-refractivity contribution < 1.29 is 4.79 Å². The number of hydrogen-bond donors (Lipinski definition) is 1. The third kappa shape index (κ3) is 4.91. The molecule has 2 heterocycles. The Morgan fingerprint density at radius 1 is 1.12 bits per heavy atom. The van der Waals surface area contributed by atoms with E-state index in [4.69, 9.17) is 0 Å². The monoisotopic (exact) mass is 447 g/mol. The van der Waals surface area contributed by atoms with E-state index in [2.05, 4.69) is 29.1 Å². The zero-order valence-corrected chi connectivity index (χ0v) is 19.1. The number of para-hydroxylation sites is 1. The zero-order chi connectivity index (χ0) is 22.7. The van der Waals surface area contributed by atoms with Crippen molar-refractivity contribution in [3.63, 3.8) is 0 Å². The molecule has 0 aliphatic carbocycles. The van der Waals surface area contributed by atoms with Crippen molar-refractivity contribution in [2.45, 2.75) is 38.0 Å². The van der Waals surface area contributed by atoms with Gasteiger partial charge in [-0.25, -0.2) is 4.98 Å². The highest BCUT2D eigenvalue weighted by Crippen LogP contribution is 2.29. The maximum Gasteiger partial charge on any atom is 0.274 e. The molecule has 32 heavy (non-hydrogen) atoms. The molecule has 7 nitrogen and oxygen atoms in total. The van der Waals surface area contributed by atoms with Crippen LogP contribution in [0.2, 0.25) is 0 Å². The molecule has 0 spiro atoms. The van der Waals surface area contributed by atoms with E-state index in [1.165, 1.54) is 16.3 Å². The highest BCUT2D eigenvalue weighted by atomic mass is 32.2. The van der Waals surface area contributed by atoms with Crippen molar-refractivity contribution in [3.05, 3.63) is 88.1 Å². The fourth-order valence-corrected chi connectivity index (χ4v) is 4.31. The minimum absolute atomic E-state index is 0.148. The molecule has 0 saturated carbocycles. The second kappa shape index (κ2) is 9.40. The first-order chi connectivity index (χ1) is 15.4. The molecule has 4 rings (SSSR count). The summed E-state index contributed by atoms with van der Waals surface area (Å²) in [5.74, 6) is 1.12. The van der Waals surface area contributed by atoms with Crippen molar-refractivity contribution in [3.8, 4) is 0 Å². The molecule has 1 N–H and O–H groups in total. The lowest BCUT2D eigenvalue weighted by molar-refractivity contribution is 0.102. The van der Waals surface area contributed by atoms with Gasteiger partial charge < -0.3 is 5.32 Å². The first-order valence-corrected chi connectivity index (χ1v) is 11.4. The average Bonchev–Trinajstić information content (AvgIpc) is 3.15. The fourth-order valence-electron chi connectivity index (χ4n) is 3.41. The number of thioether (sulfide) groups is 1. The number of hydrogen-bond acceptors (Lipinski definition) is 5. The largest absolute Gasteiger partial charge is 0.321 e. The van der Waals surface area contributed by atoms with Crippen molar-refractivity contribution in [2.75, 3.05) is 5.32 Å². The summed E-state index contributed by atoms with van der Waals surface area (Å²) in [5, 5.41) is 2.99. The number of carbonyl (C=O) groups is 1. The van der Waals surface area contributed by atoms with Crippen LogP contribution in [-0.2, 0) is 12.3 Å². The van der Waals surface area contributed by atoms with Gasteiger partial charge in [0.25, 0.3) is 17.2 Å². The highest BCUT2D eigenvalue weighted by molar-refractivity contribution is 7.98. The number of fused-ring (bicyclic) bond motifs is 1. The number of aryl methyl sites for hydroxylation is 1. The molecule has 0 radical (unpaired) electrons. The topological polar surface area (TPSA) is 81.3 Å². The molecule has 0 bridgehead atoms. The van der Waals surface area contributed by atoms with Crippen LogP contribution in [0.3, 0.4) is 0 Å². The van der Waals surface area contributed by atoms with Crippen LogP contribution in [0.25, 0.3) is 5.78 Å². The van der Waals surface area contributed by atoms with Crippen LogP contribution in [0.1, 0.15) is 35.5 Å². The summed E-state index contributed by atoms with van der Waals surface area (Å²) < 4.78 is 3.30. The predicted octanol–water partition coefficient (Wildman–Crippen LogP) is 4.40. The minimum atomic E-state index is -0.157. The Kier molecular flexibility index (Phi) is 6.41. The van der Waals surface area contributed by atoms with Crippen LogP contribution in [0.4, 0.5) is 5.69 Å². The van der Waals surface area contributed by atoms with E-state index < -0.39 is 0 Å². The molecule has 2 aromatic carbocycles. The van der Waals surface area contributed by atoms with Crippen LogP contribution in [0, 0.1) is 12.8 Å². The summed E-state index contributed by atoms with van der Waals surface area (Å²) in [5.41, 5.74) is 2.87. The minimum Gasteiger partial charge on any atom is -0.321 e. The van der Waals surface area contributed by atoms with Crippen LogP contribution < -0.4 is 10.9 Å². The SMILES string of the molecule is Cc1cccc(C(=O)Nc2ccccc2SCc2cc(=O)n3c(ncn3CC(C)C)n2)c1. The number of rotatable bonds is 7. The molecule has 0 fully saturated rings. The van der Waals surface area contributed by atoms with Gasteiger partial charge in [-0.2, -0.15) is 9.50 Å². The van der Waals surface area contributed by atoms with Gasteiger partial charge in [0.05, 0.1) is 11.4 Å². The Morgan fingerprint density at radius 2 is 1.94 bits per heavy atom. The zero-order valence-electron chi connectivity index (χ0n) is 18.3. The lowest BCUT2D eigenvalue weighted by Crippen LogP contribution is -2.22. The number of benzene rings is 2. The van der Waals surface area contributed by atoms with Crippen molar-refractivity contribution in [1.82, 2.24) is 19.2 Å². The van der Waals surface area contributed by atoms with Crippen molar-refractivity contribution in [1.29, 1.82) is 0 Å². The lowest BCUT2D eigenvalue weighted by atomic mass is 10.1. The highest BCUT2D eigenvalue weighted by Gasteiger charge is 2.12. The quantitative estimate of drug-likeness (QED) is 0.425. The van der Waals surface area contributed by atoms with Gasteiger partial charge in [0.2, 0.25) is 0 Å². The normalized spacial score (nSPS) is 11.2. The molecule has 1 amide bonds. The summed E-state index contributed by atoms with van der Waals surface area (Å²) in [4.78, 5) is 35.1. The number of nitrogens with one attached hydrogen (secondary N) is 1. The van der Waals surface area contributed by atoms with Gasteiger partial charge in [-0.05, 0) is 37.1 Å². The third-order valence-electron chi connectivity index (χ3n) is 4.84. The Morgan fingerprint density at radius 3 is 2.72 bits per heavy atom. The van der Waals surface area contributed by atoms with Crippen molar-refractivity contribution in [2.24, 2.45) is 5.92 Å². The third-order valence-corrected chi connectivity index (χ3v) is 5.95. The van der Waals surface area contributed by atoms with E-state index in [1.807, 2.05) is 49.4 Å². The maximum absolute atomic E-state index is 12.7. The molecule has 0 aliphatic heterocycles. The Balaban J connectivity index is 1.51. The van der Waals surface area contributed by atoms with Crippen LogP contribution in [-0.4, -0.2) is 25.1 Å². The standard InChI is InChI=1S/C24H25N5O2S/c1-16(2)13-28-15-25-24-26-19(12-22(30)29(24)28)14-32-21-10-5-4-9-20(21)27-23(31)18-8-6-7-17(3)11-18/h4-12,15-16H,13-14H2,1-3H3,(H,27,31). The van der Waals surface area contributed by atoms with Crippen LogP contribution in [0.5, 0.6) is 0 Å². The summed E-state index contributed by atoms with van der Waals surface area (Å²) in [6.07, 6.45) is 1.65. The number of amides is 1. The van der Waals surface area contributed by atoms with Crippen LogP contribution in [0.15, 0.2) is 70.6 Å². The molecule has 0 saturated heterocycles. The predicted molar refractivity (Wildman–Crippen MR) is 127 cm³/mol. The van der Waals surface area contributed by atoms with E-state index >= 15 is 0 Å². The Bertz CT molecular complexity index is 1330. The van der Waals surface area contributed by atoms with E-state index in [0.29, 0.717) is 35.3 Å². The number of aromatic nitrogens is 4. The average molecular weight is 448 g/mol. The Labute approximate surface area is 190 Å². The Hall–Kier alpha value is -3.39. The number of anilines is 1. The molecule has 0 aliphatic rings. The second-order valence-corrected chi connectivity index (χ2v) is 9.08. The molecule has 0 atom stereocenters. The molecular formula is C24H25N5O2S. The van der Waals surface area contributed by atoms with E-state index in [0.717, 1.165) is 16.1 Å². The molecule has 4 aromatic rings. The molecule has 0 unspecified atom stereocenters. The summed E-state index contributed by atoms with van der Waals surface area (Å²) in [7, 11) is 0. The first kappa shape index (κ1) is 21.8. The second-order valence-electron chi connectivity index (χ2n) is 8.07. The van der Waals surface area contributed by atoms with Gasteiger partial charge in [-0.3, -0.25) is 14.3 Å². The summed E-state index contributed by atoms with van der Waals surface area (Å²) in [6.45, 7) is 6.83.